The lowest BCUT2D eigenvalue weighted by Gasteiger charge is -2.05. The molecule has 86 valence electrons. The summed E-state index contributed by atoms with van der Waals surface area (Å²) in [6.07, 6.45) is 0. The minimum Gasteiger partial charge on any atom is -0.394 e. The van der Waals surface area contributed by atoms with Gasteiger partial charge >= 0.3 is 0 Å². The molecule has 0 spiro atoms. The quantitative estimate of drug-likeness (QED) is 0.372. The van der Waals surface area contributed by atoms with Crippen LogP contribution in [-0.4, -0.2) is 28.9 Å². The molecule has 2 amide bonds. The second kappa shape index (κ2) is 4.62. The third-order valence-corrected chi connectivity index (χ3v) is 3.43. The normalized spacial score (nSPS) is 15.9. The van der Waals surface area contributed by atoms with Crippen LogP contribution in [0.15, 0.2) is 21.4 Å². The Balaban J connectivity index is 3.12. The molecule has 0 unspecified atom stereocenters. The number of hydrogen-bond donors (Lipinski definition) is 3. The Bertz CT molecular complexity index is 392. The number of amidine groups is 1. The Morgan fingerprint density at radius 3 is 2.06 bits per heavy atom. The monoisotopic (exact) mass is 258 g/mol. The molecule has 0 aromatic rings. The predicted molar refractivity (Wildman–Crippen MR) is 65.2 cm³/mol. The van der Waals surface area contributed by atoms with E-state index in [-0.39, 0.29) is 20.0 Å². The summed E-state index contributed by atoms with van der Waals surface area (Å²) >= 11 is 1.64. The van der Waals surface area contributed by atoms with Crippen LogP contribution in [0.2, 0.25) is 0 Å². The summed E-state index contributed by atoms with van der Waals surface area (Å²) in [5.41, 5.74) is 10.6. The van der Waals surface area contributed by atoms with E-state index in [1.54, 1.807) is 0 Å². The highest BCUT2D eigenvalue weighted by Gasteiger charge is 2.37. The maximum Gasteiger partial charge on any atom is 0.268 e. The van der Waals surface area contributed by atoms with Crippen molar-refractivity contribution in [2.24, 2.45) is 11.5 Å². The zero-order valence-electron chi connectivity index (χ0n) is 8.44. The highest BCUT2D eigenvalue weighted by molar-refractivity contribution is 8.18. The number of thioether (sulfide) groups is 2. The summed E-state index contributed by atoms with van der Waals surface area (Å²) in [5.74, 6) is -0.931. The molecule has 6 nitrogen and oxygen atoms in total. The van der Waals surface area contributed by atoms with Gasteiger partial charge in [-0.15, -0.1) is 0 Å². The van der Waals surface area contributed by atoms with E-state index in [4.69, 9.17) is 16.9 Å². The Kier molecular flexibility index (Phi) is 3.66. The lowest BCUT2D eigenvalue weighted by atomic mass is 10.5. The van der Waals surface area contributed by atoms with Gasteiger partial charge in [-0.3, -0.25) is 19.9 Å². The van der Waals surface area contributed by atoms with E-state index < -0.39 is 11.8 Å². The molecule has 0 radical (unpaired) electrons. The van der Waals surface area contributed by atoms with Crippen molar-refractivity contribution < 1.29 is 9.59 Å². The second-order valence-electron chi connectivity index (χ2n) is 2.86. The van der Waals surface area contributed by atoms with E-state index in [0.717, 1.165) is 28.4 Å². The van der Waals surface area contributed by atoms with Gasteiger partial charge in [-0.1, -0.05) is 18.3 Å². The van der Waals surface area contributed by atoms with Crippen molar-refractivity contribution in [3.8, 4) is 0 Å². The van der Waals surface area contributed by atoms with E-state index in [0.29, 0.717) is 0 Å². The molecule has 0 aliphatic carbocycles. The highest BCUT2D eigenvalue weighted by atomic mass is 32.2. The minimum absolute atomic E-state index is 0.122. The Hall–Kier alpha value is -1.41. The predicted octanol–water partition coefficient (Wildman–Crippen LogP) is -0.0136. The fourth-order valence-electron chi connectivity index (χ4n) is 1.01. The van der Waals surface area contributed by atoms with Crippen LogP contribution in [0.1, 0.15) is 0 Å². The van der Waals surface area contributed by atoms with E-state index in [1.165, 1.54) is 7.05 Å². The average molecular weight is 258 g/mol. The number of carbonyl (C=O) groups excluding carboxylic acids is 2. The molecule has 0 aromatic heterocycles. The van der Waals surface area contributed by atoms with Gasteiger partial charge in [-0.05, 0) is 11.8 Å². The molecule has 0 saturated heterocycles. The van der Waals surface area contributed by atoms with E-state index in [2.05, 4.69) is 6.58 Å². The Labute approximate surface area is 101 Å². The fourth-order valence-corrected chi connectivity index (χ4v) is 2.55. The van der Waals surface area contributed by atoms with Gasteiger partial charge in [0, 0.05) is 7.05 Å². The van der Waals surface area contributed by atoms with Gasteiger partial charge < -0.3 is 11.5 Å². The maximum atomic E-state index is 11.6. The van der Waals surface area contributed by atoms with E-state index in [9.17, 15) is 9.59 Å². The molecule has 1 rings (SSSR count). The van der Waals surface area contributed by atoms with Crippen molar-refractivity contribution in [3.05, 3.63) is 21.4 Å². The molecule has 0 saturated carbocycles. The summed E-state index contributed by atoms with van der Waals surface area (Å²) in [4.78, 5) is 24.5. The van der Waals surface area contributed by atoms with Crippen LogP contribution < -0.4 is 11.5 Å². The summed E-state index contributed by atoms with van der Waals surface area (Å²) in [7, 11) is 1.36. The maximum absolute atomic E-state index is 11.6. The number of imide groups is 1. The van der Waals surface area contributed by atoms with Crippen LogP contribution >= 0.6 is 23.5 Å². The molecule has 1 aliphatic rings. The van der Waals surface area contributed by atoms with Gasteiger partial charge in [0.1, 0.15) is 4.91 Å². The molecule has 0 aromatic carbocycles. The lowest BCUT2D eigenvalue weighted by molar-refractivity contribution is -0.135. The number of nitrogens with two attached hydrogens (primary N) is 2. The number of nitrogens with one attached hydrogen (secondary N) is 1. The number of likely N-dealkylation sites (N-methyl/N-ethyl adjacent to an activating group) is 1. The molecule has 1 aliphatic heterocycles. The van der Waals surface area contributed by atoms with Crippen LogP contribution in [0.5, 0.6) is 0 Å². The highest BCUT2D eigenvalue weighted by Crippen LogP contribution is 2.36. The number of amides is 2. The summed E-state index contributed by atoms with van der Waals surface area (Å²) in [6, 6.07) is 0. The van der Waals surface area contributed by atoms with Crippen LogP contribution in [0.3, 0.4) is 0 Å². The number of nitrogens with zero attached hydrogens (tertiary/aromatic N) is 1. The first-order valence-electron chi connectivity index (χ1n) is 4.05. The van der Waals surface area contributed by atoms with Crippen molar-refractivity contribution in [3.63, 3.8) is 0 Å². The topological polar surface area (TPSA) is 113 Å². The molecule has 0 atom stereocenters. The molecule has 8 heteroatoms. The van der Waals surface area contributed by atoms with Crippen molar-refractivity contribution >= 4 is 40.5 Å². The third kappa shape index (κ3) is 2.39. The molecular formula is C8H10N4O2S2. The average Bonchev–Trinajstić information content (AvgIpc) is 2.34. The Morgan fingerprint density at radius 2 is 1.69 bits per heavy atom. The number of carbonyl (C=O) groups is 2. The van der Waals surface area contributed by atoms with Gasteiger partial charge in [-0.2, -0.15) is 0 Å². The Morgan fingerprint density at radius 1 is 1.25 bits per heavy atom. The standard InChI is InChI=1S/C8H10N4O2S2/c1-3(9)15-4-5(16-8(10)11)7(14)12(2)6(4)13/h1,9H2,2H3,(H3,10,11). The fraction of sp³-hybridized carbons (Fsp3) is 0.125. The zero-order chi connectivity index (χ0) is 12.5. The van der Waals surface area contributed by atoms with Crippen molar-refractivity contribution in [2.45, 2.75) is 0 Å². The molecule has 5 N–H and O–H groups in total. The third-order valence-electron chi connectivity index (χ3n) is 1.65. The molecular weight excluding hydrogens is 248 g/mol. The molecule has 16 heavy (non-hydrogen) atoms. The minimum atomic E-state index is -0.478. The summed E-state index contributed by atoms with van der Waals surface area (Å²) in [5, 5.41) is 7.06. The molecule has 1 heterocycles. The van der Waals surface area contributed by atoms with E-state index in [1.807, 2.05) is 0 Å². The molecule has 0 bridgehead atoms. The van der Waals surface area contributed by atoms with Gasteiger partial charge in [0.2, 0.25) is 0 Å². The van der Waals surface area contributed by atoms with Gasteiger partial charge in [-0.25, -0.2) is 0 Å². The smallest absolute Gasteiger partial charge is 0.268 e. The summed E-state index contributed by atoms with van der Waals surface area (Å²) < 4.78 is 0. The number of hydrogen-bond acceptors (Lipinski definition) is 6. The van der Waals surface area contributed by atoms with Crippen LogP contribution in [0.25, 0.3) is 0 Å². The van der Waals surface area contributed by atoms with Crippen LogP contribution in [0, 0.1) is 5.41 Å². The van der Waals surface area contributed by atoms with Crippen molar-refractivity contribution in [1.29, 1.82) is 5.41 Å². The van der Waals surface area contributed by atoms with Gasteiger partial charge in [0.25, 0.3) is 11.8 Å². The molecule has 0 fully saturated rings. The summed E-state index contributed by atoms with van der Waals surface area (Å²) in [6.45, 7) is 3.45. The van der Waals surface area contributed by atoms with Crippen molar-refractivity contribution in [1.82, 2.24) is 4.90 Å². The van der Waals surface area contributed by atoms with Crippen molar-refractivity contribution in [2.75, 3.05) is 7.05 Å². The number of rotatable bonds is 3. The van der Waals surface area contributed by atoms with Crippen LogP contribution in [-0.2, 0) is 9.59 Å². The first kappa shape index (κ1) is 12.7. The first-order chi connectivity index (χ1) is 7.34. The van der Waals surface area contributed by atoms with Crippen LogP contribution in [0.4, 0.5) is 0 Å². The van der Waals surface area contributed by atoms with E-state index >= 15 is 0 Å². The second-order valence-corrected chi connectivity index (χ2v) is 5.05. The van der Waals surface area contributed by atoms with Gasteiger partial charge in [0.15, 0.2) is 5.17 Å². The van der Waals surface area contributed by atoms with Gasteiger partial charge in [0.05, 0.1) is 9.93 Å². The first-order valence-corrected chi connectivity index (χ1v) is 5.68. The SMILES string of the molecule is C=C(N)SC1=C(SC(=N)N)C(=O)N(C)C1=O. The zero-order valence-corrected chi connectivity index (χ0v) is 10.1. The largest absolute Gasteiger partial charge is 0.394 e. The lowest BCUT2D eigenvalue weighted by Crippen LogP contribution is -2.26.